The van der Waals surface area contributed by atoms with E-state index in [4.69, 9.17) is 4.74 Å². The number of amides is 1. The maximum Gasteiger partial charge on any atom is 0.241 e. The van der Waals surface area contributed by atoms with Gasteiger partial charge in [-0.05, 0) is 37.9 Å². The lowest BCUT2D eigenvalue weighted by atomic mass is 10.2. The number of hydrogen-bond acceptors (Lipinski definition) is 5. The van der Waals surface area contributed by atoms with Crippen molar-refractivity contribution in [2.45, 2.75) is 25.3 Å². The first-order valence-electron chi connectivity index (χ1n) is 7.74. The number of carbonyl (C=O) groups excluding carboxylic acids is 1. The standard InChI is InChI=1S/C15H21N3O4S/c1-22-14-10-11(17-15(19)12-4-2-7-16-12)5-6-13(14)18-8-3-9-23(18,20)21/h5-6,10,12,16H,2-4,7-9H2,1H3,(H,17,19)/t12-/m0/s1. The Bertz CT molecular complexity index is 699. The number of hydrogen-bond donors (Lipinski definition) is 2. The summed E-state index contributed by atoms with van der Waals surface area (Å²) in [6.45, 7) is 1.31. The van der Waals surface area contributed by atoms with Crippen LogP contribution in [0.2, 0.25) is 0 Å². The Morgan fingerprint density at radius 3 is 2.83 bits per heavy atom. The summed E-state index contributed by atoms with van der Waals surface area (Å²) >= 11 is 0. The highest BCUT2D eigenvalue weighted by molar-refractivity contribution is 7.93. The number of nitrogens with one attached hydrogen (secondary N) is 2. The van der Waals surface area contributed by atoms with Gasteiger partial charge < -0.3 is 15.4 Å². The van der Waals surface area contributed by atoms with E-state index in [2.05, 4.69) is 10.6 Å². The molecule has 0 saturated carbocycles. The van der Waals surface area contributed by atoms with Crippen molar-refractivity contribution in [1.82, 2.24) is 5.32 Å². The molecule has 1 aromatic rings. The fraction of sp³-hybridized carbons (Fsp3) is 0.533. The Labute approximate surface area is 136 Å². The lowest BCUT2D eigenvalue weighted by Crippen LogP contribution is -2.35. The third-order valence-corrected chi connectivity index (χ3v) is 6.05. The van der Waals surface area contributed by atoms with Crippen molar-refractivity contribution in [3.8, 4) is 5.75 Å². The molecule has 2 aliphatic heterocycles. The average Bonchev–Trinajstić information content (AvgIpc) is 3.16. The molecule has 7 nitrogen and oxygen atoms in total. The van der Waals surface area contributed by atoms with Crippen LogP contribution >= 0.6 is 0 Å². The lowest BCUT2D eigenvalue weighted by molar-refractivity contribution is -0.117. The molecule has 0 bridgehead atoms. The van der Waals surface area contributed by atoms with Crippen LogP contribution in [-0.4, -0.2) is 46.3 Å². The van der Waals surface area contributed by atoms with Crippen molar-refractivity contribution in [3.63, 3.8) is 0 Å². The van der Waals surface area contributed by atoms with Crippen molar-refractivity contribution in [1.29, 1.82) is 0 Å². The zero-order chi connectivity index (χ0) is 16.4. The molecule has 3 rings (SSSR count). The van der Waals surface area contributed by atoms with Crippen LogP contribution in [0.4, 0.5) is 11.4 Å². The molecule has 1 atom stereocenters. The van der Waals surface area contributed by atoms with Gasteiger partial charge in [0.1, 0.15) is 5.75 Å². The van der Waals surface area contributed by atoms with Gasteiger partial charge in [-0.15, -0.1) is 0 Å². The molecule has 1 amide bonds. The molecule has 2 saturated heterocycles. The van der Waals surface area contributed by atoms with E-state index in [1.165, 1.54) is 11.4 Å². The Hall–Kier alpha value is -1.80. The number of methoxy groups -OCH3 is 1. The summed E-state index contributed by atoms with van der Waals surface area (Å²) in [4.78, 5) is 12.1. The predicted molar refractivity (Wildman–Crippen MR) is 88.4 cm³/mol. The van der Waals surface area contributed by atoms with Gasteiger partial charge in [0, 0.05) is 18.3 Å². The van der Waals surface area contributed by atoms with Gasteiger partial charge in [0.05, 0.1) is 24.6 Å². The summed E-state index contributed by atoms with van der Waals surface area (Å²) < 4.78 is 30.8. The smallest absolute Gasteiger partial charge is 0.241 e. The van der Waals surface area contributed by atoms with Gasteiger partial charge in [-0.25, -0.2) is 8.42 Å². The van der Waals surface area contributed by atoms with Gasteiger partial charge >= 0.3 is 0 Å². The molecular formula is C15H21N3O4S. The van der Waals surface area contributed by atoms with Gasteiger partial charge in [0.25, 0.3) is 0 Å². The molecule has 2 N–H and O–H groups in total. The highest BCUT2D eigenvalue weighted by Gasteiger charge is 2.30. The number of rotatable bonds is 4. The summed E-state index contributed by atoms with van der Waals surface area (Å²) in [6.07, 6.45) is 2.43. The second-order valence-electron chi connectivity index (χ2n) is 5.77. The summed E-state index contributed by atoms with van der Waals surface area (Å²) in [7, 11) is -1.77. The molecule has 0 spiro atoms. The largest absolute Gasteiger partial charge is 0.494 e. The summed E-state index contributed by atoms with van der Waals surface area (Å²) in [5.74, 6) is 0.515. The van der Waals surface area contributed by atoms with Crippen LogP contribution in [0.3, 0.4) is 0 Å². The Morgan fingerprint density at radius 1 is 1.39 bits per heavy atom. The van der Waals surface area contributed by atoms with E-state index < -0.39 is 10.0 Å². The highest BCUT2D eigenvalue weighted by atomic mass is 32.2. The van der Waals surface area contributed by atoms with Gasteiger partial charge in [-0.2, -0.15) is 0 Å². The Morgan fingerprint density at radius 2 is 2.22 bits per heavy atom. The van der Waals surface area contributed by atoms with Crippen LogP contribution in [0.1, 0.15) is 19.3 Å². The first kappa shape index (κ1) is 16.1. The SMILES string of the molecule is COc1cc(NC(=O)[C@@H]2CCCN2)ccc1N1CCCS1(=O)=O. The van der Waals surface area contributed by atoms with Crippen molar-refractivity contribution in [2.24, 2.45) is 0 Å². The third-order valence-electron chi connectivity index (χ3n) is 4.19. The maximum atomic E-state index is 12.1. The number of benzene rings is 1. The lowest BCUT2D eigenvalue weighted by Gasteiger charge is -2.20. The quantitative estimate of drug-likeness (QED) is 0.852. The summed E-state index contributed by atoms with van der Waals surface area (Å²) in [5, 5.41) is 5.99. The van der Waals surface area contributed by atoms with Crippen LogP contribution in [-0.2, 0) is 14.8 Å². The predicted octanol–water partition coefficient (Wildman–Crippen LogP) is 0.926. The van der Waals surface area contributed by atoms with Crippen molar-refractivity contribution in [2.75, 3.05) is 35.6 Å². The fourth-order valence-electron chi connectivity index (χ4n) is 3.01. The monoisotopic (exact) mass is 339 g/mol. The first-order valence-corrected chi connectivity index (χ1v) is 9.35. The summed E-state index contributed by atoms with van der Waals surface area (Å²) in [6, 6.07) is 4.88. The second kappa shape index (κ2) is 6.37. The molecule has 2 fully saturated rings. The molecule has 8 heteroatoms. The van der Waals surface area contributed by atoms with Gasteiger partial charge in [0.2, 0.25) is 15.9 Å². The van der Waals surface area contributed by atoms with Gasteiger partial charge in [-0.3, -0.25) is 9.10 Å². The van der Waals surface area contributed by atoms with Gasteiger partial charge in [0.15, 0.2) is 0 Å². The number of nitrogens with zero attached hydrogens (tertiary/aromatic N) is 1. The van der Waals surface area contributed by atoms with Crippen molar-refractivity contribution in [3.05, 3.63) is 18.2 Å². The van der Waals surface area contributed by atoms with Crippen LogP contribution in [0.25, 0.3) is 0 Å². The van der Waals surface area contributed by atoms with E-state index in [9.17, 15) is 13.2 Å². The van der Waals surface area contributed by atoms with Crippen LogP contribution in [0, 0.1) is 0 Å². The van der Waals surface area contributed by atoms with E-state index in [1.54, 1.807) is 18.2 Å². The minimum atomic E-state index is -3.27. The second-order valence-corrected chi connectivity index (χ2v) is 7.78. The number of sulfonamides is 1. The van der Waals surface area contributed by atoms with Gasteiger partial charge in [-0.1, -0.05) is 0 Å². The van der Waals surface area contributed by atoms with Crippen LogP contribution < -0.4 is 19.7 Å². The molecular weight excluding hydrogens is 318 g/mol. The molecule has 126 valence electrons. The number of ether oxygens (including phenoxy) is 1. The third kappa shape index (κ3) is 3.28. The maximum absolute atomic E-state index is 12.1. The van der Waals surface area contributed by atoms with Crippen molar-refractivity contribution < 1.29 is 17.9 Å². The van der Waals surface area contributed by atoms with E-state index in [0.717, 1.165) is 19.4 Å². The Kier molecular flexibility index (Phi) is 4.45. The number of carbonyl (C=O) groups is 1. The molecule has 0 aliphatic carbocycles. The normalized spacial score (nSPS) is 23.0. The first-order chi connectivity index (χ1) is 11.0. The van der Waals surface area contributed by atoms with Crippen molar-refractivity contribution >= 4 is 27.3 Å². The fourth-order valence-corrected chi connectivity index (χ4v) is 4.58. The minimum absolute atomic E-state index is 0.0777. The molecule has 0 unspecified atom stereocenters. The minimum Gasteiger partial charge on any atom is -0.494 e. The van der Waals surface area contributed by atoms with E-state index in [-0.39, 0.29) is 17.7 Å². The number of anilines is 2. The Balaban J connectivity index is 1.81. The zero-order valence-electron chi connectivity index (χ0n) is 13.0. The average molecular weight is 339 g/mol. The van der Waals surface area contributed by atoms with Crippen LogP contribution in [0.15, 0.2) is 18.2 Å². The molecule has 1 aromatic carbocycles. The molecule has 23 heavy (non-hydrogen) atoms. The zero-order valence-corrected chi connectivity index (χ0v) is 13.9. The molecule has 0 aromatic heterocycles. The van der Waals surface area contributed by atoms with E-state index >= 15 is 0 Å². The van der Waals surface area contributed by atoms with Crippen LogP contribution in [0.5, 0.6) is 5.75 Å². The molecule has 2 aliphatic rings. The topological polar surface area (TPSA) is 87.7 Å². The van der Waals surface area contributed by atoms with E-state index in [0.29, 0.717) is 30.1 Å². The summed E-state index contributed by atoms with van der Waals surface area (Å²) in [5.41, 5.74) is 1.11. The molecule has 0 radical (unpaired) electrons. The van der Waals surface area contributed by atoms with E-state index in [1.807, 2.05) is 0 Å². The highest BCUT2D eigenvalue weighted by Crippen LogP contribution is 2.35. The molecule has 2 heterocycles.